The average molecular weight is 359 g/mol. The number of nitrogens with zero attached hydrogens (tertiary/aromatic N) is 2. The monoisotopic (exact) mass is 359 g/mol. The largest absolute Gasteiger partial charge is 0.493 e. The average Bonchev–Trinajstić information content (AvgIpc) is 3.30. The second-order valence-corrected chi connectivity index (χ2v) is 6.66. The number of nitrogens with one attached hydrogen (secondary N) is 1. The van der Waals surface area contributed by atoms with Crippen LogP contribution >= 0.6 is 0 Å². The Morgan fingerprint density at radius 1 is 1.27 bits per heavy atom. The topological polar surface area (TPSA) is 76.8 Å². The summed E-state index contributed by atoms with van der Waals surface area (Å²) in [5.41, 5.74) is 1.56. The van der Waals surface area contributed by atoms with E-state index in [9.17, 15) is 4.79 Å². The van der Waals surface area contributed by atoms with Crippen molar-refractivity contribution in [2.24, 2.45) is 0 Å². The maximum atomic E-state index is 12.8. The maximum absolute atomic E-state index is 12.8. The molecule has 1 aliphatic heterocycles. The van der Waals surface area contributed by atoms with Gasteiger partial charge in [0.05, 0.1) is 26.0 Å². The van der Waals surface area contributed by atoms with Crippen molar-refractivity contribution in [2.45, 2.75) is 38.6 Å². The Bertz CT molecular complexity index is 772. The Labute approximate surface area is 153 Å². The highest BCUT2D eigenvalue weighted by atomic mass is 16.5. The fraction of sp³-hybridized carbons (Fsp3) is 0.474. The van der Waals surface area contributed by atoms with Gasteiger partial charge in [-0.15, -0.1) is 0 Å². The summed E-state index contributed by atoms with van der Waals surface area (Å²) in [7, 11) is 3.14. The van der Waals surface area contributed by atoms with Gasteiger partial charge in [0.1, 0.15) is 0 Å². The van der Waals surface area contributed by atoms with Crippen LogP contribution in [0, 0.1) is 0 Å². The summed E-state index contributed by atoms with van der Waals surface area (Å²) in [6.45, 7) is 4.82. The molecule has 1 aromatic carbocycles. The van der Waals surface area contributed by atoms with Crippen molar-refractivity contribution in [3.05, 3.63) is 35.7 Å². The van der Waals surface area contributed by atoms with Crippen LogP contribution in [0.15, 0.2) is 28.8 Å². The normalized spacial score (nSPS) is 16.8. The zero-order valence-electron chi connectivity index (χ0n) is 15.6. The van der Waals surface area contributed by atoms with E-state index in [0.29, 0.717) is 29.6 Å². The van der Waals surface area contributed by atoms with Gasteiger partial charge in [-0.2, -0.15) is 0 Å². The first kappa shape index (κ1) is 18.1. The van der Waals surface area contributed by atoms with E-state index in [1.165, 1.54) is 0 Å². The standard InChI is InChI=1S/C19H25N3O4/c1-12(2)14-11-17(26-21-14)15-6-5-9-22(15)19(23)20-13-7-8-16(24-3)18(10-13)25-4/h7-8,10-12,15H,5-6,9H2,1-4H3,(H,20,23)/t15-/m1/s1. The third kappa shape index (κ3) is 3.61. The van der Waals surface area contributed by atoms with Gasteiger partial charge in [0, 0.05) is 24.4 Å². The fourth-order valence-electron chi connectivity index (χ4n) is 3.15. The number of carbonyl (C=O) groups is 1. The molecule has 0 unspecified atom stereocenters. The van der Waals surface area contributed by atoms with Crippen LogP contribution in [0.3, 0.4) is 0 Å². The van der Waals surface area contributed by atoms with Crippen molar-refractivity contribution in [3.63, 3.8) is 0 Å². The molecule has 0 saturated carbocycles. The molecule has 2 heterocycles. The first-order valence-corrected chi connectivity index (χ1v) is 8.79. The molecular weight excluding hydrogens is 334 g/mol. The second-order valence-electron chi connectivity index (χ2n) is 6.66. The van der Waals surface area contributed by atoms with Gasteiger partial charge in [0.15, 0.2) is 17.3 Å². The van der Waals surface area contributed by atoms with Gasteiger partial charge in [-0.1, -0.05) is 19.0 Å². The number of rotatable bonds is 5. The van der Waals surface area contributed by atoms with Crippen molar-refractivity contribution >= 4 is 11.7 Å². The van der Waals surface area contributed by atoms with Crippen LogP contribution in [0.1, 0.15) is 50.1 Å². The van der Waals surface area contributed by atoms with Crippen LogP contribution in [-0.4, -0.2) is 36.9 Å². The van der Waals surface area contributed by atoms with Crippen LogP contribution in [0.5, 0.6) is 11.5 Å². The molecule has 140 valence electrons. The molecule has 1 saturated heterocycles. The van der Waals surface area contributed by atoms with Crippen molar-refractivity contribution in [3.8, 4) is 11.5 Å². The number of amides is 2. The van der Waals surface area contributed by atoms with Gasteiger partial charge in [-0.3, -0.25) is 0 Å². The lowest BCUT2D eigenvalue weighted by atomic mass is 10.1. The highest BCUT2D eigenvalue weighted by Crippen LogP contribution is 2.34. The number of likely N-dealkylation sites (tertiary alicyclic amines) is 1. The van der Waals surface area contributed by atoms with Crippen molar-refractivity contribution in [1.82, 2.24) is 10.1 Å². The number of hydrogen-bond acceptors (Lipinski definition) is 5. The minimum Gasteiger partial charge on any atom is -0.493 e. The molecule has 3 rings (SSSR count). The van der Waals surface area contributed by atoms with E-state index in [-0.39, 0.29) is 12.1 Å². The number of urea groups is 1. The number of aromatic nitrogens is 1. The van der Waals surface area contributed by atoms with Crippen LogP contribution < -0.4 is 14.8 Å². The Balaban J connectivity index is 1.74. The zero-order valence-corrected chi connectivity index (χ0v) is 15.6. The molecule has 2 amide bonds. The second kappa shape index (κ2) is 7.68. The Morgan fingerprint density at radius 2 is 2.04 bits per heavy atom. The first-order valence-electron chi connectivity index (χ1n) is 8.79. The van der Waals surface area contributed by atoms with E-state index in [0.717, 1.165) is 24.3 Å². The van der Waals surface area contributed by atoms with Crippen molar-refractivity contribution < 1.29 is 18.8 Å². The number of carbonyl (C=O) groups excluding carboxylic acids is 1. The van der Waals surface area contributed by atoms with Crippen LogP contribution in [0.4, 0.5) is 10.5 Å². The summed E-state index contributed by atoms with van der Waals surface area (Å²) in [6.07, 6.45) is 1.80. The number of hydrogen-bond donors (Lipinski definition) is 1. The van der Waals surface area contributed by atoms with E-state index >= 15 is 0 Å². The van der Waals surface area contributed by atoms with Crippen molar-refractivity contribution in [1.29, 1.82) is 0 Å². The Hall–Kier alpha value is -2.70. The van der Waals surface area contributed by atoms with Gasteiger partial charge >= 0.3 is 6.03 Å². The lowest BCUT2D eigenvalue weighted by molar-refractivity contribution is 0.195. The van der Waals surface area contributed by atoms with E-state index in [1.54, 1.807) is 37.3 Å². The highest BCUT2D eigenvalue weighted by molar-refractivity contribution is 5.90. The molecule has 1 atom stereocenters. The molecule has 1 fully saturated rings. The number of ether oxygens (including phenoxy) is 2. The third-order valence-electron chi connectivity index (χ3n) is 4.62. The van der Waals surface area contributed by atoms with Crippen LogP contribution in [0.2, 0.25) is 0 Å². The van der Waals surface area contributed by atoms with Crippen LogP contribution in [-0.2, 0) is 0 Å². The van der Waals surface area contributed by atoms with E-state index in [2.05, 4.69) is 24.3 Å². The molecule has 1 N–H and O–H groups in total. The molecule has 7 heteroatoms. The van der Waals surface area contributed by atoms with Gasteiger partial charge in [0.25, 0.3) is 0 Å². The van der Waals surface area contributed by atoms with E-state index in [1.807, 2.05) is 6.07 Å². The highest BCUT2D eigenvalue weighted by Gasteiger charge is 2.33. The fourth-order valence-corrected chi connectivity index (χ4v) is 3.15. The maximum Gasteiger partial charge on any atom is 0.322 e. The molecule has 1 aliphatic rings. The quantitative estimate of drug-likeness (QED) is 0.866. The summed E-state index contributed by atoms with van der Waals surface area (Å²) in [5.74, 6) is 2.23. The molecule has 0 spiro atoms. The SMILES string of the molecule is COc1ccc(NC(=O)N2CCC[C@@H]2c2cc(C(C)C)no2)cc1OC. The number of methoxy groups -OCH3 is 2. The number of anilines is 1. The lowest BCUT2D eigenvalue weighted by Crippen LogP contribution is -2.34. The van der Waals surface area contributed by atoms with E-state index < -0.39 is 0 Å². The minimum absolute atomic E-state index is 0.0878. The molecule has 0 aliphatic carbocycles. The summed E-state index contributed by atoms with van der Waals surface area (Å²) < 4.78 is 16.0. The molecule has 26 heavy (non-hydrogen) atoms. The first-order chi connectivity index (χ1) is 12.5. The minimum atomic E-state index is -0.165. The lowest BCUT2D eigenvalue weighted by Gasteiger charge is -2.23. The summed E-state index contributed by atoms with van der Waals surface area (Å²) in [5, 5.41) is 7.04. The Morgan fingerprint density at radius 3 is 2.69 bits per heavy atom. The molecule has 0 bridgehead atoms. The molecule has 7 nitrogen and oxygen atoms in total. The zero-order chi connectivity index (χ0) is 18.7. The summed E-state index contributed by atoms with van der Waals surface area (Å²) >= 11 is 0. The smallest absolute Gasteiger partial charge is 0.322 e. The predicted molar refractivity (Wildman–Crippen MR) is 97.8 cm³/mol. The predicted octanol–water partition coefficient (Wildman–Crippen LogP) is 4.18. The number of benzene rings is 1. The van der Waals surface area contributed by atoms with Gasteiger partial charge < -0.3 is 24.2 Å². The summed E-state index contributed by atoms with van der Waals surface area (Å²) in [6, 6.07) is 7.00. The molecule has 1 aromatic heterocycles. The van der Waals surface area contributed by atoms with Gasteiger partial charge in [0.2, 0.25) is 0 Å². The van der Waals surface area contributed by atoms with Crippen molar-refractivity contribution in [2.75, 3.05) is 26.1 Å². The Kier molecular flexibility index (Phi) is 5.35. The molecule has 0 radical (unpaired) electrons. The van der Waals surface area contributed by atoms with Crippen LogP contribution in [0.25, 0.3) is 0 Å². The van der Waals surface area contributed by atoms with E-state index in [4.69, 9.17) is 14.0 Å². The molecule has 2 aromatic rings. The molecular formula is C19H25N3O4. The third-order valence-corrected chi connectivity index (χ3v) is 4.62. The van der Waals surface area contributed by atoms with Gasteiger partial charge in [-0.25, -0.2) is 4.79 Å². The van der Waals surface area contributed by atoms with Gasteiger partial charge in [-0.05, 0) is 30.9 Å². The summed E-state index contributed by atoms with van der Waals surface area (Å²) in [4.78, 5) is 14.6.